The summed E-state index contributed by atoms with van der Waals surface area (Å²) < 4.78 is 4.68. The van der Waals surface area contributed by atoms with Crippen molar-refractivity contribution in [1.82, 2.24) is 18.9 Å². The van der Waals surface area contributed by atoms with Crippen molar-refractivity contribution in [2.24, 2.45) is 0 Å². The number of benzene rings is 10. The summed E-state index contributed by atoms with van der Waals surface area (Å²) >= 11 is 0. The third-order valence-corrected chi connectivity index (χ3v) is 25.7. The van der Waals surface area contributed by atoms with Gasteiger partial charge in [-0.3, -0.25) is 4.98 Å². The van der Waals surface area contributed by atoms with Gasteiger partial charge in [-0.25, -0.2) is 4.98 Å². The zero-order chi connectivity index (χ0) is 49.5. The molecule has 0 fully saturated rings. The molecular formula is C69H46N4PtSi2. The van der Waals surface area contributed by atoms with Crippen molar-refractivity contribution < 1.29 is 21.1 Å². The molecule has 0 saturated heterocycles. The molecule has 0 saturated carbocycles. The third kappa shape index (κ3) is 6.64. The number of nitrogens with zero attached hydrogens (tertiary/aromatic N) is 4. The summed E-state index contributed by atoms with van der Waals surface area (Å²) in [5, 5.41) is 15.9. The number of para-hydroxylation sites is 1. The molecule has 0 aliphatic carbocycles. The van der Waals surface area contributed by atoms with E-state index in [1.807, 2.05) is 12.4 Å². The summed E-state index contributed by atoms with van der Waals surface area (Å²) in [6, 6.07) is 103. The number of hydrogen-bond acceptors (Lipinski definition) is 2. The molecule has 1 aliphatic heterocycles. The number of rotatable bonds is 8. The first-order chi connectivity index (χ1) is 37.2. The Morgan fingerprint density at radius 2 is 1.03 bits per heavy atom. The van der Waals surface area contributed by atoms with Gasteiger partial charge in [0.15, 0.2) is 8.07 Å². The van der Waals surface area contributed by atoms with Gasteiger partial charge in [0.25, 0.3) is 0 Å². The largest absolute Gasteiger partial charge is 2.00 e. The molecule has 7 heteroatoms. The van der Waals surface area contributed by atoms with E-state index in [1.165, 1.54) is 64.1 Å². The van der Waals surface area contributed by atoms with E-state index in [-0.39, 0.29) is 27.0 Å². The maximum absolute atomic E-state index is 5.34. The summed E-state index contributed by atoms with van der Waals surface area (Å²) in [6.45, 7) is 0. The predicted molar refractivity (Wildman–Crippen MR) is 315 cm³/mol. The van der Waals surface area contributed by atoms with Gasteiger partial charge in [-0.05, 0) is 71.4 Å². The fourth-order valence-electron chi connectivity index (χ4n) is 13.2. The fourth-order valence-corrected chi connectivity index (χ4v) is 23.0. The molecule has 0 bridgehead atoms. The Morgan fingerprint density at radius 3 is 1.75 bits per heavy atom. The van der Waals surface area contributed by atoms with Crippen molar-refractivity contribution in [2.45, 2.75) is 5.92 Å². The zero-order valence-corrected chi connectivity index (χ0v) is 45.4. The second kappa shape index (κ2) is 18.4. The van der Waals surface area contributed by atoms with Gasteiger partial charge in [0.2, 0.25) is 0 Å². The van der Waals surface area contributed by atoms with Crippen LogP contribution in [0.4, 0.5) is 0 Å². The monoisotopic (exact) mass is 1180 g/mol. The van der Waals surface area contributed by atoms with Gasteiger partial charge in [-0.1, -0.05) is 217 Å². The molecule has 10 aromatic carbocycles. The van der Waals surface area contributed by atoms with E-state index in [4.69, 9.17) is 9.97 Å². The number of hydrogen-bond donors (Lipinski definition) is 0. The van der Waals surface area contributed by atoms with E-state index in [1.54, 1.807) is 0 Å². The van der Waals surface area contributed by atoms with Crippen molar-refractivity contribution in [2.75, 3.05) is 0 Å². The van der Waals surface area contributed by atoms with Gasteiger partial charge < -0.3 is 8.97 Å². The molecule has 0 N–H and O–H groups in total. The summed E-state index contributed by atoms with van der Waals surface area (Å²) in [7, 11) is -6.28. The fraction of sp³-hybridized carbons (Fsp3) is 0.0145. The van der Waals surface area contributed by atoms with Crippen molar-refractivity contribution in [3.05, 3.63) is 302 Å². The summed E-state index contributed by atoms with van der Waals surface area (Å²) in [5.74, 6) is -0.0784. The summed E-state index contributed by atoms with van der Waals surface area (Å²) in [5.41, 5.74) is 8.97. The van der Waals surface area contributed by atoms with Crippen molar-refractivity contribution >= 4 is 107 Å². The maximum atomic E-state index is 5.34. The van der Waals surface area contributed by atoms with E-state index < -0.39 is 16.1 Å². The van der Waals surface area contributed by atoms with Crippen LogP contribution in [0.5, 0.6) is 0 Å². The molecule has 1 atom stereocenters. The van der Waals surface area contributed by atoms with Crippen LogP contribution in [0.1, 0.15) is 22.6 Å². The van der Waals surface area contributed by atoms with Gasteiger partial charge in [-0.2, -0.15) is 23.4 Å². The third-order valence-electron chi connectivity index (χ3n) is 16.2. The molecule has 4 nitrogen and oxygen atoms in total. The Balaban J connectivity index is 0.00000528. The normalized spacial score (nSPS) is 13.9. The minimum Gasteiger partial charge on any atom is -0.340 e. The van der Waals surface area contributed by atoms with Crippen molar-refractivity contribution in [3.63, 3.8) is 0 Å². The van der Waals surface area contributed by atoms with Gasteiger partial charge >= 0.3 is 21.1 Å². The number of fused-ring (bicyclic) bond motifs is 12. The number of pyridine rings is 2. The van der Waals surface area contributed by atoms with E-state index in [9.17, 15) is 0 Å². The standard InChI is InChI=1S/C69H46N4Si2.Pt/c1-6-22-48(23-7-1)65-60-35-17-19-38-63(60)75(52-29-12-4-13-30-52,53-31-14-5-15-32-53)64-42-41-58-59-36-21-43-70-69(59)73(67(58)66(64)65)49-24-20-33-54(46-49)74(50-25-8-2-9-26-50,51-27-10-3-11-28-51)55-39-40-56-57-34-16-18-37-62(57)72-45-44-71-68(72)61(56)47-55;/h1-45,65H;/q-2;+2. The predicted octanol–water partition coefficient (Wildman–Crippen LogP) is 9.98. The Morgan fingerprint density at radius 1 is 0.434 bits per heavy atom. The Bertz CT molecular complexity index is 4410. The molecule has 0 radical (unpaired) electrons. The Hall–Kier alpha value is -8.52. The van der Waals surface area contributed by atoms with E-state index in [0.717, 1.165) is 49.0 Å². The Labute approximate surface area is 457 Å². The van der Waals surface area contributed by atoms with Gasteiger partial charge in [0.05, 0.1) is 11.2 Å². The first kappa shape index (κ1) is 46.0. The molecule has 1 aliphatic rings. The molecule has 14 aromatic rings. The quantitative estimate of drug-likeness (QED) is 0.0658. The van der Waals surface area contributed by atoms with E-state index in [2.05, 4.69) is 282 Å². The molecule has 1 unspecified atom stereocenters. The first-order valence-electron chi connectivity index (χ1n) is 25.8. The molecule has 0 amide bonds. The van der Waals surface area contributed by atoms with Crippen LogP contribution in [-0.2, 0) is 21.1 Å². The van der Waals surface area contributed by atoms with Crippen LogP contribution >= 0.6 is 0 Å². The van der Waals surface area contributed by atoms with Crippen LogP contribution in [0.2, 0.25) is 0 Å². The smallest absolute Gasteiger partial charge is 0.340 e. The molecular weight excluding hydrogens is 1140 g/mol. The van der Waals surface area contributed by atoms with Gasteiger partial charge in [0, 0.05) is 40.8 Å². The first-order valence-corrected chi connectivity index (χ1v) is 29.8. The molecule has 5 heterocycles. The van der Waals surface area contributed by atoms with Gasteiger partial charge in [0.1, 0.15) is 13.7 Å². The second-order valence-corrected chi connectivity index (χ2v) is 27.2. The molecule has 360 valence electrons. The van der Waals surface area contributed by atoms with Crippen molar-refractivity contribution in [1.29, 1.82) is 0 Å². The van der Waals surface area contributed by atoms with Crippen LogP contribution in [-0.4, -0.2) is 35.1 Å². The van der Waals surface area contributed by atoms with Crippen LogP contribution in [0.3, 0.4) is 0 Å². The topological polar surface area (TPSA) is 35.1 Å². The summed E-state index contributed by atoms with van der Waals surface area (Å²) in [4.78, 5) is 10.3. The number of aromatic nitrogens is 4. The average Bonchev–Trinajstić information content (AvgIpc) is 4.17. The second-order valence-electron chi connectivity index (χ2n) is 19.8. The maximum Gasteiger partial charge on any atom is 2.00 e. The van der Waals surface area contributed by atoms with Crippen LogP contribution < -0.4 is 41.5 Å². The minimum absolute atomic E-state index is 0. The van der Waals surface area contributed by atoms with Crippen molar-refractivity contribution in [3.8, 4) is 5.69 Å². The Kier molecular flexibility index (Phi) is 11.1. The molecule has 15 rings (SSSR count). The van der Waals surface area contributed by atoms with Crippen LogP contribution in [0.15, 0.2) is 273 Å². The zero-order valence-electron chi connectivity index (χ0n) is 41.2. The van der Waals surface area contributed by atoms with E-state index >= 15 is 0 Å². The van der Waals surface area contributed by atoms with E-state index in [0.29, 0.717) is 0 Å². The number of imidazole rings is 1. The SMILES string of the molecule is [Pt+2].[c-]1c(-n2c3ncccc3c3ccc4c(c32)C(c2ccccc2)c2ccccc2[Si]4(c2ccccc2)c2ccccc2)cccc1[Si](c1[c-]c2c(cc1)c1ccccc1n1ccnc21)(c1ccccc1)c1ccccc1. The average molecular weight is 1180 g/mol. The van der Waals surface area contributed by atoms with Crippen LogP contribution in [0.25, 0.3) is 54.9 Å². The molecule has 0 spiro atoms. The minimum atomic E-state index is -3.26. The molecule has 76 heavy (non-hydrogen) atoms. The van der Waals surface area contributed by atoms with Gasteiger partial charge in [-0.15, -0.1) is 34.8 Å². The van der Waals surface area contributed by atoms with Crippen LogP contribution in [0, 0.1) is 12.1 Å². The summed E-state index contributed by atoms with van der Waals surface area (Å²) in [6.07, 6.45) is 5.92. The molecule has 4 aromatic heterocycles.